The number of ether oxygens (including phenoxy) is 4. The number of amides is 1. The Labute approximate surface area is 158 Å². The highest BCUT2D eigenvalue weighted by molar-refractivity contribution is 5.81. The van der Waals surface area contributed by atoms with Gasteiger partial charge < -0.3 is 24.3 Å². The van der Waals surface area contributed by atoms with E-state index in [-0.39, 0.29) is 0 Å². The molecule has 0 aliphatic carbocycles. The largest absolute Gasteiger partial charge is 0.493 e. The van der Waals surface area contributed by atoms with Crippen LogP contribution < -0.4 is 24.3 Å². The first-order valence-corrected chi connectivity index (χ1v) is 8.25. The second kappa shape index (κ2) is 9.34. The van der Waals surface area contributed by atoms with Crippen LogP contribution in [0.15, 0.2) is 42.5 Å². The molecule has 0 saturated heterocycles. The number of nitrogens with zero attached hydrogens (tertiary/aromatic N) is 1. The fourth-order valence-electron chi connectivity index (χ4n) is 2.47. The second-order valence-corrected chi connectivity index (χ2v) is 5.60. The van der Waals surface area contributed by atoms with Crippen molar-refractivity contribution >= 4 is 5.91 Å². The van der Waals surface area contributed by atoms with Crippen LogP contribution in [0, 0.1) is 11.3 Å². The van der Waals surface area contributed by atoms with Crippen LogP contribution in [-0.4, -0.2) is 33.3 Å². The van der Waals surface area contributed by atoms with E-state index in [9.17, 15) is 10.1 Å². The van der Waals surface area contributed by atoms with Crippen LogP contribution in [0.2, 0.25) is 0 Å². The summed E-state index contributed by atoms with van der Waals surface area (Å²) in [4.78, 5) is 12.4. The van der Waals surface area contributed by atoms with Crippen LogP contribution in [0.25, 0.3) is 0 Å². The summed E-state index contributed by atoms with van der Waals surface area (Å²) in [6.45, 7) is 1.62. The number of methoxy groups -OCH3 is 3. The van der Waals surface area contributed by atoms with Gasteiger partial charge in [0.1, 0.15) is 11.8 Å². The molecule has 0 fully saturated rings. The number of benzene rings is 2. The topological polar surface area (TPSA) is 89.8 Å². The van der Waals surface area contributed by atoms with E-state index >= 15 is 0 Å². The molecular formula is C20H22N2O5. The van der Waals surface area contributed by atoms with Crippen molar-refractivity contribution in [2.45, 2.75) is 19.1 Å². The molecular weight excluding hydrogens is 348 g/mol. The maximum absolute atomic E-state index is 12.4. The zero-order valence-corrected chi connectivity index (χ0v) is 15.7. The van der Waals surface area contributed by atoms with Crippen molar-refractivity contribution in [1.82, 2.24) is 5.32 Å². The molecule has 2 aromatic carbocycles. The molecule has 2 unspecified atom stereocenters. The zero-order chi connectivity index (χ0) is 19.8. The van der Waals surface area contributed by atoms with Gasteiger partial charge in [-0.25, -0.2) is 0 Å². The molecule has 0 aliphatic heterocycles. The van der Waals surface area contributed by atoms with Gasteiger partial charge in [-0.2, -0.15) is 5.26 Å². The molecule has 2 aromatic rings. The van der Waals surface area contributed by atoms with Gasteiger partial charge in [0.05, 0.1) is 27.4 Å². The fraction of sp³-hybridized carbons (Fsp3) is 0.300. The molecule has 0 saturated carbocycles. The normalized spacial score (nSPS) is 12.3. The van der Waals surface area contributed by atoms with Crippen LogP contribution >= 0.6 is 0 Å². The number of nitriles is 1. The lowest BCUT2D eigenvalue weighted by Gasteiger charge is -2.19. The van der Waals surface area contributed by atoms with Gasteiger partial charge in [-0.1, -0.05) is 18.2 Å². The zero-order valence-electron chi connectivity index (χ0n) is 15.7. The van der Waals surface area contributed by atoms with Gasteiger partial charge >= 0.3 is 0 Å². The third kappa shape index (κ3) is 4.82. The predicted octanol–water partition coefficient (Wildman–Crippen LogP) is 2.86. The average molecular weight is 370 g/mol. The summed E-state index contributed by atoms with van der Waals surface area (Å²) in [6.07, 6.45) is -0.773. The fourth-order valence-corrected chi connectivity index (χ4v) is 2.47. The summed E-state index contributed by atoms with van der Waals surface area (Å²) in [7, 11) is 4.46. The van der Waals surface area contributed by atoms with E-state index in [0.717, 1.165) is 0 Å². The first-order chi connectivity index (χ1) is 13.0. The van der Waals surface area contributed by atoms with Crippen molar-refractivity contribution < 1.29 is 23.7 Å². The van der Waals surface area contributed by atoms with Crippen molar-refractivity contribution in [3.63, 3.8) is 0 Å². The van der Waals surface area contributed by atoms with Crippen molar-refractivity contribution in [2.24, 2.45) is 0 Å². The molecule has 0 bridgehead atoms. The Morgan fingerprint density at radius 1 is 1.04 bits per heavy atom. The monoisotopic (exact) mass is 370 g/mol. The van der Waals surface area contributed by atoms with E-state index in [4.69, 9.17) is 18.9 Å². The molecule has 0 heterocycles. The number of carbonyl (C=O) groups excluding carboxylic acids is 1. The molecule has 1 N–H and O–H groups in total. The van der Waals surface area contributed by atoms with Gasteiger partial charge in [0, 0.05) is 0 Å². The Morgan fingerprint density at radius 2 is 1.63 bits per heavy atom. The third-order valence-corrected chi connectivity index (χ3v) is 3.86. The summed E-state index contributed by atoms with van der Waals surface area (Å²) < 4.78 is 21.5. The minimum Gasteiger partial charge on any atom is -0.493 e. The Kier molecular flexibility index (Phi) is 6.89. The van der Waals surface area contributed by atoms with Gasteiger partial charge in [0.2, 0.25) is 5.75 Å². The Balaban J connectivity index is 2.19. The summed E-state index contributed by atoms with van der Waals surface area (Å²) in [6, 6.07) is 13.4. The number of nitrogens with one attached hydrogen (secondary N) is 1. The molecule has 1 amide bonds. The van der Waals surface area contributed by atoms with E-state index in [2.05, 4.69) is 11.4 Å². The highest BCUT2D eigenvalue weighted by Crippen LogP contribution is 2.39. The van der Waals surface area contributed by atoms with Crippen LogP contribution in [0.5, 0.6) is 23.0 Å². The molecule has 142 valence electrons. The SMILES string of the molecule is COc1cc(C(C#N)NC(=O)C(C)Oc2ccccc2)cc(OC)c1OC. The smallest absolute Gasteiger partial charge is 0.262 e. The number of hydrogen-bond acceptors (Lipinski definition) is 6. The van der Waals surface area contributed by atoms with E-state index in [1.165, 1.54) is 21.3 Å². The summed E-state index contributed by atoms with van der Waals surface area (Å²) in [5, 5.41) is 12.2. The van der Waals surface area contributed by atoms with Gasteiger partial charge in [0.25, 0.3) is 5.91 Å². The lowest BCUT2D eigenvalue weighted by Crippen LogP contribution is -2.38. The van der Waals surface area contributed by atoms with Crippen LogP contribution in [0.1, 0.15) is 18.5 Å². The number of rotatable bonds is 8. The molecule has 0 aromatic heterocycles. The highest BCUT2D eigenvalue weighted by Gasteiger charge is 2.23. The third-order valence-electron chi connectivity index (χ3n) is 3.86. The first kappa shape index (κ1) is 19.9. The minimum absolute atomic E-state index is 0.398. The van der Waals surface area contributed by atoms with E-state index in [0.29, 0.717) is 28.6 Å². The Hall–Kier alpha value is -3.40. The van der Waals surface area contributed by atoms with Crippen molar-refractivity contribution in [3.8, 4) is 29.1 Å². The van der Waals surface area contributed by atoms with E-state index in [1.807, 2.05) is 18.2 Å². The molecule has 27 heavy (non-hydrogen) atoms. The molecule has 0 aliphatic rings. The molecule has 2 atom stereocenters. The number of para-hydroxylation sites is 1. The summed E-state index contributed by atoms with van der Waals surface area (Å²) >= 11 is 0. The predicted molar refractivity (Wildman–Crippen MR) is 99.1 cm³/mol. The standard InChI is InChI=1S/C20H22N2O5/c1-13(27-15-8-6-5-7-9-15)20(23)22-16(12-21)14-10-17(24-2)19(26-4)18(11-14)25-3/h5-11,13,16H,1-4H3,(H,22,23). The van der Waals surface area contributed by atoms with Crippen molar-refractivity contribution in [2.75, 3.05) is 21.3 Å². The highest BCUT2D eigenvalue weighted by atomic mass is 16.5. The van der Waals surface area contributed by atoms with E-state index in [1.54, 1.807) is 31.2 Å². The van der Waals surface area contributed by atoms with Crippen LogP contribution in [-0.2, 0) is 4.79 Å². The lowest BCUT2D eigenvalue weighted by molar-refractivity contribution is -0.127. The van der Waals surface area contributed by atoms with Gasteiger partial charge in [-0.3, -0.25) is 4.79 Å². The van der Waals surface area contributed by atoms with Crippen molar-refractivity contribution in [1.29, 1.82) is 5.26 Å². The molecule has 7 nitrogen and oxygen atoms in total. The minimum atomic E-state index is -0.909. The van der Waals surface area contributed by atoms with Crippen LogP contribution in [0.4, 0.5) is 0 Å². The second-order valence-electron chi connectivity index (χ2n) is 5.60. The Morgan fingerprint density at radius 3 is 2.11 bits per heavy atom. The quantitative estimate of drug-likeness (QED) is 0.768. The lowest BCUT2D eigenvalue weighted by atomic mass is 10.1. The molecule has 7 heteroatoms. The average Bonchev–Trinajstić information content (AvgIpc) is 2.71. The molecule has 2 rings (SSSR count). The van der Waals surface area contributed by atoms with Gasteiger partial charge in [0.15, 0.2) is 17.6 Å². The van der Waals surface area contributed by atoms with Crippen LogP contribution in [0.3, 0.4) is 0 Å². The first-order valence-electron chi connectivity index (χ1n) is 8.25. The number of hydrogen-bond donors (Lipinski definition) is 1. The maximum Gasteiger partial charge on any atom is 0.262 e. The maximum atomic E-state index is 12.4. The van der Waals surface area contributed by atoms with E-state index < -0.39 is 18.1 Å². The summed E-state index contributed by atoms with van der Waals surface area (Å²) in [5.41, 5.74) is 0.507. The van der Waals surface area contributed by atoms with Crippen molar-refractivity contribution in [3.05, 3.63) is 48.0 Å². The number of carbonyl (C=O) groups is 1. The summed E-state index contributed by atoms with van der Waals surface area (Å²) in [5.74, 6) is 1.36. The Bertz CT molecular complexity index is 792. The molecule has 0 radical (unpaired) electrons. The van der Waals surface area contributed by atoms with Gasteiger partial charge in [-0.15, -0.1) is 0 Å². The van der Waals surface area contributed by atoms with Gasteiger partial charge in [-0.05, 0) is 36.8 Å². The molecule has 0 spiro atoms.